The van der Waals surface area contributed by atoms with Crippen molar-refractivity contribution < 1.29 is 29.1 Å². The van der Waals surface area contributed by atoms with Gasteiger partial charge in [0, 0.05) is 6.42 Å². The number of aryl methyl sites for hydroxylation is 4. The van der Waals surface area contributed by atoms with E-state index < -0.39 is 18.2 Å². The van der Waals surface area contributed by atoms with E-state index in [4.69, 9.17) is 19.6 Å². The Kier molecular flexibility index (Phi) is 8.57. The van der Waals surface area contributed by atoms with Gasteiger partial charge in [0.25, 0.3) is 0 Å². The smallest absolute Gasteiger partial charge is 0.290 e. The monoisotopic (exact) mass is 414 g/mol. The summed E-state index contributed by atoms with van der Waals surface area (Å²) in [6.07, 6.45) is 0.208. The van der Waals surface area contributed by atoms with Gasteiger partial charge in [0.2, 0.25) is 6.29 Å². The second-order valence-electron chi connectivity index (χ2n) is 7.75. The molecule has 162 valence electrons. The summed E-state index contributed by atoms with van der Waals surface area (Å²) < 4.78 is 0. The maximum atomic E-state index is 12.4. The molecule has 0 bridgehead atoms. The molecule has 0 saturated heterocycles. The average molecular weight is 414 g/mol. The second-order valence-corrected chi connectivity index (χ2v) is 7.75. The SMILES string of the molecule is CCC(C)CC(OOC(=O)c1ccc(C)cc1C)OOC(=O)c1ccc(C)cc1C. The van der Waals surface area contributed by atoms with Crippen molar-refractivity contribution in [2.75, 3.05) is 0 Å². The molecular weight excluding hydrogens is 384 g/mol. The zero-order chi connectivity index (χ0) is 22.3. The van der Waals surface area contributed by atoms with Gasteiger partial charge in [-0.3, -0.25) is 9.78 Å². The highest BCUT2D eigenvalue weighted by Gasteiger charge is 2.22. The third-order valence-electron chi connectivity index (χ3n) is 4.96. The van der Waals surface area contributed by atoms with Crippen LogP contribution in [0.4, 0.5) is 0 Å². The van der Waals surface area contributed by atoms with Gasteiger partial charge in [-0.15, -0.1) is 9.78 Å². The topological polar surface area (TPSA) is 71.1 Å². The Hall–Kier alpha value is -2.70. The number of hydrogen-bond donors (Lipinski definition) is 0. The molecule has 1 atom stereocenters. The van der Waals surface area contributed by atoms with E-state index in [0.717, 1.165) is 28.7 Å². The van der Waals surface area contributed by atoms with Crippen LogP contribution in [0.3, 0.4) is 0 Å². The van der Waals surface area contributed by atoms with E-state index in [2.05, 4.69) is 0 Å². The first-order chi connectivity index (χ1) is 14.2. The molecule has 0 aliphatic heterocycles. The zero-order valence-corrected chi connectivity index (χ0v) is 18.5. The van der Waals surface area contributed by atoms with Crippen molar-refractivity contribution in [1.82, 2.24) is 0 Å². The lowest BCUT2D eigenvalue weighted by atomic mass is 10.1. The van der Waals surface area contributed by atoms with Crippen LogP contribution in [0.1, 0.15) is 69.7 Å². The molecule has 0 aromatic heterocycles. The Bertz CT molecular complexity index is 822. The lowest BCUT2D eigenvalue weighted by Crippen LogP contribution is -2.24. The van der Waals surface area contributed by atoms with E-state index in [1.165, 1.54) is 0 Å². The van der Waals surface area contributed by atoms with Crippen molar-refractivity contribution in [2.45, 2.75) is 60.7 Å². The lowest BCUT2D eigenvalue weighted by Gasteiger charge is -2.18. The highest BCUT2D eigenvalue weighted by molar-refractivity contribution is 5.91. The molecule has 30 heavy (non-hydrogen) atoms. The molecule has 0 heterocycles. The van der Waals surface area contributed by atoms with Crippen LogP contribution in [0.5, 0.6) is 0 Å². The van der Waals surface area contributed by atoms with Gasteiger partial charge in [0.1, 0.15) is 0 Å². The standard InChI is InChI=1S/C24H30O6/c1-7-15(2)14-22(27-29-23(25)20-10-8-16(3)12-18(20)5)28-30-24(26)21-11-9-17(4)13-19(21)6/h8-13,15,22H,7,14H2,1-6H3. The summed E-state index contributed by atoms with van der Waals surface area (Å²) in [5, 5.41) is 0. The molecule has 2 rings (SSSR count). The summed E-state index contributed by atoms with van der Waals surface area (Å²) in [7, 11) is 0. The number of rotatable bonds is 9. The fourth-order valence-corrected chi connectivity index (χ4v) is 2.96. The first-order valence-electron chi connectivity index (χ1n) is 10.1. The van der Waals surface area contributed by atoms with Gasteiger partial charge in [-0.2, -0.15) is 0 Å². The average Bonchev–Trinajstić information content (AvgIpc) is 2.69. The molecule has 1 unspecified atom stereocenters. The molecule has 0 fully saturated rings. The highest BCUT2D eigenvalue weighted by Crippen LogP contribution is 2.18. The minimum atomic E-state index is -1.04. The van der Waals surface area contributed by atoms with Crippen LogP contribution in [0, 0.1) is 33.6 Å². The van der Waals surface area contributed by atoms with E-state index in [9.17, 15) is 9.59 Å². The summed E-state index contributed by atoms with van der Waals surface area (Å²) in [5.41, 5.74) is 4.45. The molecule has 2 aromatic rings. The second kappa shape index (κ2) is 10.9. The van der Waals surface area contributed by atoms with Crippen LogP contribution in [-0.2, 0) is 19.6 Å². The molecule has 6 heteroatoms. The van der Waals surface area contributed by atoms with Crippen molar-refractivity contribution in [1.29, 1.82) is 0 Å². The van der Waals surface area contributed by atoms with Crippen molar-refractivity contribution in [3.8, 4) is 0 Å². The molecule has 0 spiro atoms. The molecule has 0 N–H and O–H groups in total. The number of hydrogen-bond acceptors (Lipinski definition) is 6. The van der Waals surface area contributed by atoms with Gasteiger partial charge in [-0.05, 0) is 56.9 Å². The maximum Gasteiger partial charge on any atom is 0.373 e. The molecule has 0 aliphatic carbocycles. The van der Waals surface area contributed by atoms with Gasteiger partial charge in [-0.1, -0.05) is 55.7 Å². The molecule has 0 aliphatic rings. The Balaban J connectivity index is 2.00. The van der Waals surface area contributed by atoms with E-state index >= 15 is 0 Å². The largest absolute Gasteiger partial charge is 0.373 e. The van der Waals surface area contributed by atoms with E-state index in [1.54, 1.807) is 12.1 Å². The van der Waals surface area contributed by atoms with Crippen LogP contribution in [0.2, 0.25) is 0 Å². The molecule has 0 amide bonds. The number of benzene rings is 2. The zero-order valence-electron chi connectivity index (χ0n) is 18.5. The Morgan fingerprint density at radius 2 is 1.23 bits per heavy atom. The van der Waals surface area contributed by atoms with Gasteiger partial charge in [0.05, 0.1) is 11.1 Å². The van der Waals surface area contributed by atoms with Gasteiger partial charge >= 0.3 is 11.9 Å². The normalized spacial score (nSPS) is 12.0. The van der Waals surface area contributed by atoms with Crippen molar-refractivity contribution in [3.63, 3.8) is 0 Å². The predicted octanol–water partition coefficient (Wildman–Crippen LogP) is 5.56. The fourth-order valence-electron chi connectivity index (χ4n) is 2.96. The number of carbonyl (C=O) groups excluding carboxylic acids is 2. The quantitative estimate of drug-likeness (QED) is 0.304. The summed E-state index contributed by atoms with van der Waals surface area (Å²) in [6, 6.07) is 10.8. The molecule has 0 radical (unpaired) electrons. The first-order valence-corrected chi connectivity index (χ1v) is 10.1. The summed E-state index contributed by atoms with van der Waals surface area (Å²) in [5.74, 6) is -1.06. The minimum absolute atomic E-state index is 0.203. The van der Waals surface area contributed by atoms with Crippen molar-refractivity contribution in [3.05, 3.63) is 69.8 Å². The van der Waals surface area contributed by atoms with Crippen LogP contribution >= 0.6 is 0 Å². The number of carbonyl (C=O) groups is 2. The van der Waals surface area contributed by atoms with Gasteiger partial charge < -0.3 is 0 Å². The minimum Gasteiger partial charge on any atom is -0.290 e. The molecule has 0 saturated carbocycles. The van der Waals surface area contributed by atoms with Crippen molar-refractivity contribution >= 4 is 11.9 Å². The van der Waals surface area contributed by atoms with Crippen LogP contribution < -0.4 is 0 Å². The van der Waals surface area contributed by atoms with E-state index in [1.807, 2.05) is 65.8 Å². The molecular formula is C24H30O6. The third-order valence-corrected chi connectivity index (χ3v) is 4.96. The molecule has 6 nitrogen and oxygen atoms in total. The summed E-state index contributed by atoms with van der Waals surface area (Å²) in [6.45, 7) is 11.5. The van der Waals surface area contributed by atoms with E-state index in [-0.39, 0.29) is 5.92 Å². The van der Waals surface area contributed by atoms with Gasteiger partial charge in [0.15, 0.2) is 0 Å². The van der Waals surface area contributed by atoms with Gasteiger partial charge in [-0.25, -0.2) is 9.59 Å². The van der Waals surface area contributed by atoms with Crippen molar-refractivity contribution in [2.24, 2.45) is 5.92 Å². The van der Waals surface area contributed by atoms with E-state index in [0.29, 0.717) is 17.5 Å². The Morgan fingerprint density at radius 1 is 0.800 bits per heavy atom. The Morgan fingerprint density at radius 3 is 1.60 bits per heavy atom. The summed E-state index contributed by atoms with van der Waals surface area (Å²) >= 11 is 0. The Labute approximate surface area is 178 Å². The molecule has 2 aromatic carbocycles. The fraction of sp³-hybridized carbons (Fsp3) is 0.417. The highest BCUT2D eigenvalue weighted by atomic mass is 17.3. The first kappa shape index (κ1) is 23.6. The third kappa shape index (κ3) is 6.68. The summed E-state index contributed by atoms with van der Waals surface area (Å²) in [4.78, 5) is 45.1. The maximum absolute atomic E-state index is 12.4. The van der Waals surface area contributed by atoms with Crippen LogP contribution in [-0.4, -0.2) is 18.2 Å². The van der Waals surface area contributed by atoms with Crippen LogP contribution in [0.15, 0.2) is 36.4 Å². The predicted molar refractivity (Wildman–Crippen MR) is 113 cm³/mol. The van der Waals surface area contributed by atoms with Crippen LogP contribution in [0.25, 0.3) is 0 Å². The lowest BCUT2D eigenvalue weighted by molar-refractivity contribution is -0.423.